The fourth-order valence-electron chi connectivity index (χ4n) is 3.47. The van der Waals surface area contributed by atoms with E-state index in [0.717, 1.165) is 38.6 Å². The van der Waals surface area contributed by atoms with Crippen molar-refractivity contribution in [2.75, 3.05) is 13.1 Å². The molecule has 1 aliphatic carbocycles. The molecular formula is C16H30N2O2. The first kappa shape index (κ1) is 15.8. The predicted molar refractivity (Wildman–Crippen MR) is 80.4 cm³/mol. The van der Waals surface area contributed by atoms with Gasteiger partial charge in [-0.15, -0.1) is 0 Å². The number of ether oxygens (including phenoxy) is 1. The second kappa shape index (κ2) is 7.99. The summed E-state index contributed by atoms with van der Waals surface area (Å²) in [6, 6.07) is 0.413. The number of hydrogen-bond donors (Lipinski definition) is 1. The molecule has 20 heavy (non-hydrogen) atoms. The molecule has 4 heteroatoms. The van der Waals surface area contributed by atoms with Gasteiger partial charge in [-0.05, 0) is 45.6 Å². The highest BCUT2D eigenvalue weighted by molar-refractivity contribution is 5.81. The van der Waals surface area contributed by atoms with Gasteiger partial charge in [0.05, 0.1) is 6.10 Å². The van der Waals surface area contributed by atoms with E-state index in [-0.39, 0.29) is 18.1 Å². The van der Waals surface area contributed by atoms with Gasteiger partial charge in [-0.1, -0.05) is 25.7 Å². The highest BCUT2D eigenvalue weighted by Crippen LogP contribution is 2.26. The smallest absolute Gasteiger partial charge is 0.251 e. The van der Waals surface area contributed by atoms with Gasteiger partial charge in [0.15, 0.2) is 0 Å². The maximum absolute atomic E-state index is 12.8. The summed E-state index contributed by atoms with van der Waals surface area (Å²) < 4.78 is 5.78. The molecule has 2 unspecified atom stereocenters. The molecule has 1 heterocycles. The van der Waals surface area contributed by atoms with Crippen LogP contribution in [0.2, 0.25) is 0 Å². The SMILES string of the molecule is CC1CCC(C(=O)N(CCCN)C2CCCCCC2)O1. The molecule has 2 atom stereocenters. The molecule has 0 bridgehead atoms. The van der Waals surface area contributed by atoms with E-state index in [1.807, 2.05) is 0 Å². The van der Waals surface area contributed by atoms with Crippen LogP contribution in [-0.2, 0) is 9.53 Å². The monoisotopic (exact) mass is 282 g/mol. The maximum atomic E-state index is 12.8. The van der Waals surface area contributed by atoms with E-state index in [1.165, 1.54) is 25.7 Å². The Bertz CT molecular complexity index is 301. The van der Waals surface area contributed by atoms with Crippen LogP contribution in [0.1, 0.15) is 64.7 Å². The van der Waals surface area contributed by atoms with Crippen molar-refractivity contribution < 1.29 is 9.53 Å². The lowest BCUT2D eigenvalue weighted by Crippen LogP contribution is -2.46. The quantitative estimate of drug-likeness (QED) is 0.788. The lowest BCUT2D eigenvalue weighted by molar-refractivity contribution is -0.145. The molecule has 2 aliphatic rings. The zero-order valence-corrected chi connectivity index (χ0v) is 12.9. The minimum absolute atomic E-state index is 0.203. The van der Waals surface area contributed by atoms with Crippen LogP contribution >= 0.6 is 0 Å². The van der Waals surface area contributed by atoms with Crippen molar-refractivity contribution in [3.05, 3.63) is 0 Å². The summed E-state index contributed by atoms with van der Waals surface area (Å²) in [5.41, 5.74) is 5.64. The van der Waals surface area contributed by atoms with Gasteiger partial charge in [0.1, 0.15) is 6.10 Å². The van der Waals surface area contributed by atoms with Gasteiger partial charge < -0.3 is 15.4 Å². The Labute approximate surface area is 123 Å². The Balaban J connectivity index is 1.99. The van der Waals surface area contributed by atoms with Gasteiger partial charge in [-0.3, -0.25) is 4.79 Å². The average Bonchev–Trinajstić information content (AvgIpc) is 2.72. The predicted octanol–water partition coefficient (Wildman–Crippen LogP) is 2.45. The van der Waals surface area contributed by atoms with Crippen molar-refractivity contribution in [3.8, 4) is 0 Å². The summed E-state index contributed by atoms with van der Waals surface area (Å²) >= 11 is 0. The van der Waals surface area contributed by atoms with Gasteiger partial charge in [-0.25, -0.2) is 0 Å². The minimum Gasteiger partial charge on any atom is -0.365 e. The third-order valence-electron chi connectivity index (χ3n) is 4.66. The van der Waals surface area contributed by atoms with Crippen molar-refractivity contribution in [2.45, 2.75) is 83.0 Å². The molecule has 0 aromatic carbocycles. The molecule has 2 N–H and O–H groups in total. The van der Waals surface area contributed by atoms with Crippen molar-refractivity contribution in [3.63, 3.8) is 0 Å². The number of rotatable bonds is 5. The lowest BCUT2D eigenvalue weighted by Gasteiger charge is -2.33. The van der Waals surface area contributed by atoms with Crippen molar-refractivity contribution in [2.24, 2.45) is 5.73 Å². The minimum atomic E-state index is -0.203. The number of nitrogens with two attached hydrogens (primary N) is 1. The molecule has 1 saturated heterocycles. The van der Waals surface area contributed by atoms with Crippen LogP contribution in [0.3, 0.4) is 0 Å². The van der Waals surface area contributed by atoms with E-state index < -0.39 is 0 Å². The largest absolute Gasteiger partial charge is 0.365 e. The molecule has 0 spiro atoms. The van der Waals surface area contributed by atoms with Crippen molar-refractivity contribution >= 4 is 5.91 Å². The van der Waals surface area contributed by atoms with Crippen LogP contribution in [-0.4, -0.2) is 42.1 Å². The first-order chi connectivity index (χ1) is 9.72. The van der Waals surface area contributed by atoms with E-state index in [9.17, 15) is 4.79 Å². The molecule has 1 amide bonds. The van der Waals surface area contributed by atoms with E-state index in [1.54, 1.807) is 0 Å². The molecule has 1 saturated carbocycles. The average molecular weight is 282 g/mol. The van der Waals surface area contributed by atoms with Crippen LogP contribution in [0.5, 0.6) is 0 Å². The summed E-state index contributed by atoms with van der Waals surface area (Å²) in [5, 5.41) is 0. The topological polar surface area (TPSA) is 55.6 Å². The standard InChI is InChI=1S/C16H30N2O2/c1-13-9-10-15(20-13)16(19)18(12-6-11-17)14-7-4-2-3-5-8-14/h13-15H,2-12,17H2,1H3. The van der Waals surface area contributed by atoms with E-state index in [0.29, 0.717) is 12.6 Å². The van der Waals surface area contributed by atoms with Crippen LogP contribution in [0.15, 0.2) is 0 Å². The molecule has 0 aromatic rings. The third kappa shape index (κ3) is 4.19. The Morgan fingerprint density at radius 1 is 1.15 bits per heavy atom. The molecule has 0 aromatic heterocycles. The summed E-state index contributed by atoms with van der Waals surface area (Å²) in [4.78, 5) is 14.9. The molecule has 1 aliphatic heterocycles. The Hall–Kier alpha value is -0.610. The van der Waals surface area contributed by atoms with Crippen molar-refractivity contribution in [1.82, 2.24) is 4.90 Å². The van der Waals surface area contributed by atoms with E-state index in [2.05, 4.69) is 11.8 Å². The summed E-state index contributed by atoms with van der Waals surface area (Å²) in [6.45, 7) is 3.51. The first-order valence-electron chi connectivity index (χ1n) is 8.38. The number of hydrogen-bond acceptors (Lipinski definition) is 3. The highest BCUT2D eigenvalue weighted by Gasteiger charge is 2.34. The highest BCUT2D eigenvalue weighted by atomic mass is 16.5. The second-order valence-corrected chi connectivity index (χ2v) is 6.33. The van der Waals surface area contributed by atoms with E-state index >= 15 is 0 Å². The summed E-state index contributed by atoms with van der Waals surface area (Å²) in [5.74, 6) is 0.217. The van der Waals surface area contributed by atoms with Gasteiger partial charge in [0.25, 0.3) is 5.91 Å². The van der Waals surface area contributed by atoms with Gasteiger partial charge in [0.2, 0.25) is 0 Å². The van der Waals surface area contributed by atoms with E-state index in [4.69, 9.17) is 10.5 Å². The third-order valence-corrected chi connectivity index (χ3v) is 4.66. The molecule has 2 rings (SSSR count). The second-order valence-electron chi connectivity index (χ2n) is 6.33. The number of carbonyl (C=O) groups is 1. The summed E-state index contributed by atoms with van der Waals surface area (Å²) in [7, 11) is 0. The lowest BCUT2D eigenvalue weighted by atomic mass is 10.0. The maximum Gasteiger partial charge on any atom is 0.251 e. The molecule has 0 radical (unpaired) electrons. The molecule has 116 valence electrons. The van der Waals surface area contributed by atoms with Crippen LogP contribution < -0.4 is 5.73 Å². The Kier molecular flexibility index (Phi) is 6.30. The van der Waals surface area contributed by atoms with Crippen LogP contribution in [0.25, 0.3) is 0 Å². The molecular weight excluding hydrogens is 252 g/mol. The molecule has 4 nitrogen and oxygen atoms in total. The fourth-order valence-corrected chi connectivity index (χ4v) is 3.47. The van der Waals surface area contributed by atoms with Crippen molar-refractivity contribution in [1.29, 1.82) is 0 Å². The van der Waals surface area contributed by atoms with Crippen LogP contribution in [0.4, 0.5) is 0 Å². The summed E-state index contributed by atoms with van der Waals surface area (Å²) in [6.07, 6.45) is 10.2. The fraction of sp³-hybridized carbons (Fsp3) is 0.938. The Morgan fingerprint density at radius 2 is 1.85 bits per heavy atom. The van der Waals surface area contributed by atoms with Gasteiger partial charge in [-0.2, -0.15) is 0 Å². The Morgan fingerprint density at radius 3 is 2.40 bits per heavy atom. The zero-order chi connectivity index (χ0) is 14.4. The van der Waals surface area contributed by atoms with Gasteiger partial charge in [0, 0.05) is 12.6 Å². The first-order valence-corrected chi connectivity index (χ1v) is 8.38. The number of nitrogens with zero attached hydrogens (tertiary/aromatic N) is 1. The molecule has 2 fully saturated rings. The van der Waals surface area contributed by atoms with Crippen LogP contribution in [0, 0.1) is 0 Å². The number of amides is 1. The van der Waals surface area contributed by atoms with Gasteiger partial charge >= 0.3 is 0 Å². The number of carbonyl (C=O) groups excluding carboxylic acids is 1. The normalized spacial score (nSPS) is 28.3. The zero-order valence-electron chi connectivity index (χ0n) is 12.9.